The molecule has 0 spiro atoms. The quantitative estimate of drug-likeness (QED) is 0.398. The Morgan fingerprint density at radius 1 is 1.33 bits per heavy atom. The van der Waals surface area contributed by atoms with Crippen molar-refractivity contribution in [3.05, 3.63) is 28.3 Å². The zero-order chi connectivity index (χ0) is 16.3. The second kappa shape index (κ2) is 6.35. The summed E-state index contributed by atoms with van der Waals surface area (Å²) in [4.78, 5) is 9.34. The lowest BCUT2D eigenvalue weighted by Gasteiger charge is -2.29. The van der Waals surface area contributed by atoms with Crippen LogP contribution in [0.1, 0.15) is 13.3 Å². The predicted octanol–water partition coefficient (Wildman–Crippen LogP) is -0.288. The van der Waals surface area contributed by atoms with E-state index in [0.29, 0.717) is 6.07 Å². The van der Waals surface area contributed by atoms with E-state index < -0.39 is 50.0 Å². The fourth-order valence-electron chi connectivity index (χ4n) is 1.57. The van der Waals surface area contributed by atoms with Crippen molar-refractivity contribution in [2.45, 2.75) is 23.8 Å². The molecule has 0 bridgehead atoms. The second-order valence-corrected chi connectivity index (χ2v) is 6.15. The summed E-state index contributed by atoms with van der Waals surface area (Å²) >= 11 is 0. The van der Waals surface area contributed by atoms with Gasteiger partial charge in [0.2, 0.25) is 10.0 Å². The Balaban J connectivity index is 3.26. The van der Waals surface area contributed by atoms with Gasteiger partial charge in [-0.3, -0.25) is 10.1 Å². The largest absolute Gasteiger partial charge is 0.502 e. The number of nitro benzene ring substituents is 1. The molecule has 9 nitrogen and oxygen atoms in total. The van der Waals surface area contributed by atoms with E-state index >= 15 is 0 Å². The minimum Gasteiger partial charge on any atom is -0.502 e. The molecule has 0 fully saturated rings. The molecule has 0 amide bonds. The van der Waals surface area contributed by atoms with Crippen LogP contribution < -0.4 is 4.72 Å². The zero-order valence-corrected chi connectivity index (χ0v) is 12.0. The van der Waals surface area contributed by atoms with Crippen molar-refractivity contribution >= 4 is 15.7 Å². The highest BCUT2D eigenvalue weighted by molar-refractivity contribution is 7.89. The van der Waals surface area contributed by atoms with Gasteiger partial charge in [-0.2, -0.15) is 0 Å². The van der Waals surface area contributed by atoms with Gasteiger partial charge in [0.25, 0.3) is 0 Å². The van der Waals surface area contributed by atoms with Gasteiger partial charge < -0.3 is 15.3 Å². The smallest absolute Gasteiger partial charge is 0.312 e. The summed E-state index contributed by atoms with van der Waals surface area (Å²) in [5, 5.41) is 38.5. The van der Waals surface area contributed by atoms with E-state index in [4.69, 9.17) is 0 Å². The number of nitrogens with zero attached hydrogens (tertiary/aromatic N) is 1. The predicted molar refractivity (Wildman–Crippen MR) is 72.3 cm³/mol. The van der Waals surface area contributed by atoms with Gasteiger partial charge in [-0.1, -0.05) is 6.92 Å². The standard InChI is InChI=1S/C11H16N2O7S/c1-2-11(6-14,7-15)12-21(19,20)8-3-4-10(16)9(5-8)13(17)18/h3-5,12,14-16H,2,6-7H2,1H3. The average Bonchev–Trinajstić information content (AvgIpc) is 2.44. The number of phenols is 1. The summed E-state index contributed by atoms with van der Waals surface area (Å²) in [6.07, 6.45) is 0.111. The molecule has 0 atom stereocenters. The number of sulfonamides is 1. The monoisotopic (exact) mass is 320 g/mol. The molecule has 0 unspecified atom stereocenters. The molecule has 0 aliphatic heterocycles. The van der Waals surface area contributed by atoms with Gasteiger partial charge in [0.1, 0.15) is 0 Å². The first kappa shape index (κ1) is 17.3. The number of benzene rings is 1. The van der Waals surface area contributed by atoms with Crippen molar-refractivity contribution in [1.82, 2.24) is 4.72 Å². The Morgan fingerprint density at radius 3 is 2.33 bits per heavy atom. The van der Waals surface area contributed by atoms with E-state index in [9.17, 15) is 33.9 Å². The lowest BCUT2D eigenvalue weighted by Crippen LogP contribution is -2.53. The van der Waals surface area contributed by atoms with E-state index in [0.717, 1.165) is 12.1 Å². The summed E-state index contributed by atoms with van der Waals surface area (Å²) in [5.74, 6) is -0.662. The van der Waals surface area contributed by atoms with Crippen LogP contribution in [0.2, 0.25) is 0 Å². The van der Waals surface area contributed by atoms with Crippen LogP contribution >= 0.6 is 0 Å². The van der Waals surface area contributed by atoms with Crippen molar-refractivity contribution in [2.75, 3.05) is 13.2 Å². The van der Waals surface area contributed by atoms with Gasteiger partial charge in [0.15, 0.2) is 5.75 Å². The molecule has 0 radical (unpaired) electrons. The number of nitro groups is 1. The molecule has 21 heavy (non-hydrogen) atoms. The highest BCUT2D eigenvalue weighted by Crippen LogP contribution is 2.28. The minimum atomic E-state index is -4.21. The van der Waals surface area contributed by atoms with Gasteiger partial charge in [-0.15, -0.1) is 0 Å². The van der Waals surface area contributed by atoms with Crippen LogP contribution in [0.3, 0.4) is 0 Å². The van der Waals surface area contributed by atoms with Gasteiger partial charge >= 0.3 is 5.69 Å². The van der Waals surface area contributed by atoms with Crippen LogP contribution in [-0.2, 0) is 10.0 Å². The van der Waals surface area contributed by atoms with Crippen molar-refractivity contribution in [3.8, 4) is 5.75 Å². The number of nitrogens with one attached hydrogen (secondary N) is 1. The van der Waals surface area contributed by atoms with Crippen molar-refractivity contribution < 1.29 is 28.7 Å². The van der Waals surface area contributed by atoms with Crippen molar-refractivity contribution in [3.63, 3.8) is 0 Å². The number of hydrogen-bond donors (Lipinski definition) is 4. The van der Waals surface area contributed by atoms with Crippen LogP contribution in [0, 0.1) is 10.1 Å². The van der Waals surface area contributed by atoms with E-state index in [1.807, 2.05) is 0 Å². The summed E-state index contributed by atoms with van der Waals surface area (Å²) in [5.41, 5.74) is -2.22. The molecule has 1 rings (SSSR count). The first-order chi connectivity index (χ1) is 9.71. The van der Waals surface area contributed by atoms with Crippen LogP contribution in [0.25, 0.3) is 0 Å². The third kappa shape index (κ3) is 3.67. The third-order valence-corrected chi connectivity index (χ3v) is 4.66. The third-order valence-electron chi connectivity index (χ3n) is 3.09. The maximum atomic E-state index is 12.2. The molecule has 4 N–H and O–H groups in total. The molecule has 1 aromatic carbocycles. The molecule has 118 valence electrons. The number of aliphatic hydroxyl groups is 2. The average molecular weight is 320 g/mol. The Labute approximate surface area is 121 Å². The first-order valence-corrected chi connectivity index (χ1v) is 7.43. The molecule has 1 aromatic rings. The van der Waals surface area contributed by atoms with Crippen LogP contribution in [0.15, 0.2) is 23.1 Å². The number of aliphatic hydroxyl groups excluding tert-OH is 2. The Morgan fingerprint density at radius 2 is 1.90 bits per heavy atom. The molecule has 0 aliphatic carbocycles. The lowest BCUT2D eigenvalue weighted by atomic mass is 10.0. The van der Waals surface area contributed by atoms with E-state index in [2.05, 4.69) is 4.72 Å². The van der Waals surface area contributed by atoms with E-state index in [1.165, 1.54) is 0 Å². The summed E-state index contributed by atoms with van der Waals surface area (Å²) in [6.45, 7) is 0.285. The summed E-state index contributed by atoms with van der Waals surface area (Å²) in [7, 11) is -4.21. The summed E-state index contributed by atoms with van der Waals surface area (Å²) in [6, 6.07) is 2.57. The molecule has 0 saturated carbocycles. The fraction of sp³-hybridized carbons (Fsp3) is 0.455. The van der Waals surface area contributed by atoms with E-state index in [1.54, 1.807) is 6.92 Å². The van der Waals surface area contributed by atoms with E-state index in [-0.39, 0.29) is 6.42 Å². The number of phenolic OH excluding ortho intramolecular Hbond substituents is 1. The molecule has 0 saturated heterocycles. The van der Waals surface area contributed by atoms with Crippen molar-refractivity contribution in [2.24, 2.45) is 0 Å². The van der Waals surface area contributed by atoms with Gasteiger partial charge in [-0.25, -0.2) is 13.1 Å². The number of aromatic hydroxyl groups is 1. The topological polar surface area (TPSA) is 150 Å². The van der Waals surface area contributed by atoms with Crippen LogP contribution in [-0.4, -0.2) is 47.4 Å². The second-order valence-electron chi connectivity index (χ2n) is 4.46. The molecular weight excluding hydrogens is 304 g/mol. The number of rotatable bonds is 7. The maximum absolute atomic E-state index is 12.2. The van der Waals surface area contributed by atoms with Crippen molar-refractivity contribution in [1.29, 1.82) is 0 Å². The Hall–Kier alpha value is -1.75. The molecule has 0 aliphatic rings. The SMILES string of the molecule is CCC(CO)(CO)NS(=O)(=O)c1ccc(O)c([N+](=O)[O-])c1. The van der Waals surface area contributed by atoms with Gasteiger partial charge in [0.05, 0.1) is 28.6 Å². The highest BCUT2D eigenvalue weighted by atomic mass is 32.2. The van der Waals surface area contributed by atoms with Gasteiger partial charge in [-0.05, 0) is 18.6 Å². The minimum absolute atomic E-state index is 0.111. The Kier molecular flexibility index (Phi) is 5.23. The van der Waals surface area contributed by atoms with Crippen LogP contribution in [0.5, 0.6) is 5.75 Å². The fourth-order valence-corrected chi connectivity index (χ4v) is 3.05. The van der Waals surface area contributed by atoms with Crippen LogP contribution in [0.4, 0.5) is 5.69 Å². The Bertz CT molecular complexity index is 617. The molecule has 10 heteroatoms. The summed E-state index contributed by atoms with van der Waals surface area (Å²) < 4.78 is 26.5. The molecular formula is C11H16N2O7S. The normalized spacial score (nSPS) is 12.3. The molecule has 0 heterocycles. The zero-order valence-electron chi connectivity index (χ0n) is 11.2. The maximum Gasteiger partial charge on any atom is 0.312 e. The lowest BCUT2D eigenvalue weighted by molar-refractivity contribution is -0.386. The molecule has 0 aromatic heterocycles. The highest BCUT2D eigenvalue weighted by Gasteiger charge is 2.33. The van der Waals surface area contributed by atoms with Gasteiger partial charge in [0, 0.05) is 6.07 Å². The first-order valence-electron chi connectivity index (χ1n) is 5.94. The number of hydrogen-bond acceptors (Lipinski definition) is 7.